The van der Waals surface area contributed by atoms with Gasteiger partial charge in [0, 0.05) is 23.9 Å². The summed E-state index contributed by atoms with van der Waals surface area (Å²) >= 11 is 0. The van der Waals surface area contributed by atoms with Crippen LogP contribution in [0, 0.1) is 12.8 Å². The largest absolute Gasteiger partial charge is 0.464 e. The Bertz CT molecular complexity index is 912. The number of carbonyl (C=O) groups is 1. The molecule has 0 aliphatic rings. The first-order valence-electron chi connectivity index (χ1n) is 8.49. The number of nitrogens with zero attached hydrogens (tertiary/aromatic N) is 3. The Morgan fingerprint density at radius 1 is 1.24 bits per heavy atom. The first kappa shape index (κ1) is 17.1. The van der Waals surface area contributed by atoms with Gasteiger partial charge in [0.15, 0.2) is 0 Å². The fourth-order valence-electron chi connectivity index (χ4n) is 2.97. The molecule has 3 rings (SSSR count). The molecule has 0 fully saturated rings. The highest BCUT2D eigenvalue weighted by Crippen LogP contribution is 2.22. The van der Waals surface area contributed by atoms with Crippen molar-refractivity contribution in [2.45, 2.75) is 33.6 Å². The highest BCUT2D eigenvalue weighted by atomic mass is 16.5. The Kier molecular flexibility index (Phi) is 4.83. The molecule has 0 N–H and O–H groups in total. The minimum Gasteiger partial charge on any atom is -0.464 e. The van der Waals surface area contributed by atoms with Crippen molar-refractivity contribution in [2.75, 3.05) is 7.11 Å². The zero-order chi connectivity index (χ0) is 18.0. The molecule has 0 aliphatic heterocycles. The van der Waals surface area contributed by atoms with Crippen LogP contribution in [0.4, 0.5) is 0 Å². The zero-order valence-electron chi connectivity index (χ0n) is 15.1. The number of esters is 1. The number of methoxy groups -OCH3 is 1. The summed E-state index contributed by atoms with van der Waals surface area (Å²) in [5.74, 6) is 0.0962. The summed E-state index contributed by atoms with van der Waals surface area (Å²) in [6.45, 7) is 6.44. The van der Waals surface area contributed by atoms with E-state index in [0.717, 1.165) is 23.3 Å². The van der Waals surface area contributed by atoms with Gasteiger partial charge in [0.1, 0.15) is 5.69 Å². The molecule has 0 aromatic carbocycles. The lowest BCUT2D eigenvalue weighted by Crippen LogP contribution is -2.06. The second kappa shape index (κ2) is 7.05. The molecule has 0 spiro atoms. The van der Waals surface area contributed by atoms with Gasteiger partial charge in [0.05, 0.1) is 18.3 Å². The van der Waals surface area contributed by atoms with Crippen LogP contribution in [0.3, 0.4) is 0 Å². The van der Waals surface area contributed by atoms with E-state index in [1.807, 2.05) is 22.8 Å². The van der Waals surface area contributed by atoms with E-state index in [2.05, 4.69) is 37.9 Å². The predicted octanol–water partition coefficient (Wildman–Crippen LogP) is 3.61. The van der Waals surface area contributed by atoms with E-state index in [9.17, 15) is 4.79 Å². The van der Waals surface area contributed by atoms with E-state index in [-0.39, 0.29) is 0 Å². The lowest BCUT2D eigenvalue weighted by molar-refractivity contribution is 0.0593. The molecule has 0 radical (unpaired) electrons. The Hall–Kier alpha value is -2.69. The van der Waals surface area contributed by atoms with E-state index in [0.29, 0.717) is 18.0 Å². The van der Waals surface area contributed by atoms with Gasteiger partial charge in [0.2, 0.25) is 0 Å². The number of rotatable bonds is 5. The maximum absolute atomic E-state index is 11.7. The Labute approximate surface area is 147 Å². The molecule has 0 aliphatic carbocycles. The molecule has 0 saturated heterocycles. The van der Waals surface area contributed by atoms with Crippen molar-refractivity contribution >= 4 is 11.5 Å². The molecule has 0 unspecified atom stereocenters. The summed E-state index contributed by atoms with van der Waals surface area (Å²) in [4.78, 5) is 16.2. The molecule has 130 valence electrons. The van der Waals surface area contributed by atoms with Crippen LogP contribution in [0.5, 0.6) is 0 Å². The van der Waals surface area contributed by atoms with Gasteiger partial charge >= 0.3 is 5.97 Å². The van der Waals surface area contributed by atoms with Crippen LogP contribution in [-0.4, -0.2) is 27.7 Å². The van der Waals surface area contributed by atoms with Crippen molar-refractivity contribution in [3.8, 4) is 0 Å². The summed E-state index contributed by atoms with van der Waals surface area (Å²) in [5.41, 5.74) is 5.69. The number of ether oxygens (including phenoxy) is 1. The highest BCUT2D eigenvalue weighted by Gasteiger charge is 2.16. The average Bonchev–Trinajstić information content (AvgIpc) is 2.90. The second-order valence-electron chi connectivity index (χ2n) is 6.74. The first-order chi connectivity index (χ1) is 12.0. The summed E-state index contributed by atoms with van der Waals surface area (Å²) in [5, 5.41) is 4.78. The highest BCUT2D eigenvalue weighted by molar-refractivity contribution is 5.87. The number of pyridine rings is 2. The molecular formula is C20H23N3O2. The van der Waals surface area contributed by atoms with Gasteiger partial charge in [-0.1, -0.05) is 26.0 Å². The lowest BCUT2D eigenvalue weighted by Gasteiger charge is -2.07. The summed E-state index contributed by atoms with van der Waals surface area (Å²) in [6, 6.07) is 9.64. The molecule has 0 saturated carbocycles. The minimum atomic E-state index is -0.417. The number of carbonyl (C=O) groups excluding carboxylic acids is 1. The summed E-state index contributed by atoms with van der Waals surface area (Å²) < 4.78 is 6.72. The van der Waals surface area contributed by atoms with Gasteiger partial charge < -0.3 is 4.74 Å². The van der Waals surface area contributed by atoms with Crippen molar-refractivity contribution in [3.05, 3.63) is 64.7 Å². The van der Waals surface area contributed by atoms with E-state index >= 15 is 0 Å². The smallest absolute Gasteiger partial charge is 0.356 e. The lowest BCUT2D eigenvalue weighted by atomic mass is 10.0. The molecule has 5 nitrogen and oxygen atoms in total. The van der Waals surface area contributed by atoms with E-state index in [4.69, 9.17) is 9.84 Å². The van der Waals surface area contributed by atoms with Gasteiger partial charge in [-0.3, -0.25) is 0 Å². The number of hydrogen-bond acceptors (Lipinski definition) is 4. The molecule has 0 bridgehead atoms. The van der Waals surface area contributed by atoms with Gasteiger partial charge in [0.25, 0.3) is 0 Å². The SMILES string of the molecule is COC(=O)c1cccc(Cc2c(CC(C)C)nn3cc(C)ccc23)n1. The predicted molar refractivity (Wildman–Crippen MR) is 96.9 cm³/mol. The van der Waals surface area contributed by atoms with Crippen molar-refractivity contribution < 1.29 is 9.53 Å². The molecule has 5 heteroatoms. The van der Waals surface area contributed by atoms with Gasteiger partial charge in [-0.15, -0.1) is 0 Å². The molecular weight excluding hydrogens is 314 g/mol. The number of aryl methyl sites for hydroxylation is 1. The fourth-order valence-corrected chi connectivity index (χ4v) is 2.97. The van der Waals surface area contributed by atoms with Crippen LogP contribution >= 0.6 is 0 Å². The summed E-state index contributed by atoms with van der Waals surface area (Å²) in [7, 11) is 1.37. The third kappa shape index (κ3) is 3.71. The van der Waals surface area contributed by atoms with Gasteiger partial charge in [-0.25, -0.2) is 14.3 Å². The van der Waals surface area contributed by atoms with E-state index < -0.39 is 5.97 Å². The van der Waals surface area contributed by atoms with E-state index in [1.54, 1.807) is 6.07 Å². The van der Waals surface area contributed by atoms with Crippen molar-refractivity contribution in [2.24, 2.45) is 5.92 Å². The summed E-state index contributed by atoms with van der Waals surface area (Å²) in [6.07, 6.45) is 3.59. The van der Waals surface area contributed by atoms with Crippen LogP contribution in [0.15, 0.2) is 36.5 Å². The Balaban J connectivity index is 2.03. The van der Waals surface area contributed by atoms with Crippen molar-refractivity contribution in [1.29, 1.82) is 0 Å². The zero-order valence-corrected chi connectivity index (χ0v) is 15.1. The number of fused-ring (bicyclic) bond motifs is 1. The number of hydrogen-bond donors (Lipinski definition) is 0. The van der Waals surface area contributed by atoms with Crippen molar-refractivity contribution in [1.82, 2.24) is 14.6 Å². The van der Waals surface area contributed by atoms with Crippen LogP contribution in [0.1, 0.15) is 46.9 Å². The molecule has 3 aromatic rings. The third-order valence-corrected chi connectivity index (χ3v) is 4.12. The van der Waals surface area contributed by atoms with E-state index in [1.165, 1.54) is 18.2 Å². The maximum atomic E-state index is 11.7. The molecule has 3 heterocycles. The van der Waals surface area contributed by atoms with Crippen LogP contribution in [0.25, 0.3) is 5.52 Å². The van der Waals surface area contributed by atoms with Gasteiger partial charge in [-0.05, 0) is 43.0 Å². The molecule has 0 amide bonds. The normalized spacial score (nSPS) is 11.2. The number of aromatic nitrogens is 3. The van der Waals surface area contributed by atoms with Gasteiger partial charge in [-0.2, -0.15) is 5.10 Å². The second-order valence-corrected chi connectivity index (χ2v) is 6.74. The van der Waals surface area contributed by atoms with Crippen LogP contribution < -0.4 is 0 Å². The average molecular weight is 337 g/mol. The minimum absolute atomic E-state index is 0.331. The standard InChI is InChI=1S/C20H23N3O2/c1-13(2)10-18-16(19-9-8-14(3)12-23(19)22-18)11-15-6-5-7-17(21-15)20(24)25-4/h5-9,12-13H,10-11H2,1-4H3. The Morgan fingerprint density at radius 2 is 2.04 bits per heavy atom. The topological polar surface area (TPSA) is 56.5 Å². The third-order valence-electron chi connectivity index (χ3n) is 4.12. The Morgan fingerprint density at radius 3 is 2.76 bits per heavy atom. The quantitative estimate of drug-likeness (QED) is 0.667. The fraction of sp³-hybridized carbons (Fsp3) is 0.350. The van der Waals surface area contributed by atoms with Crippen LogP contribution in [-0.2, 0) is 17.6 Å². The maximum Gasteiger partial charge on any atom is 0.356 e. The van der Waals surface area contributed by atoms with Crippen LogP contribution in [0.2, 0.25) is 0 Å². The molecule has 25 heavy (non-hydrogen) atoms. The first-order valence-corrected chi connectivity index (χ1v) is 8.49. The molecule has 3 aromatic heterocycles. The monoisotopic (exact) mass is 337 g/mol. The molecule has 0 atom stereocenters. The van der Waals surface area contributed by atoms with Crippen molar-refractivity contribution in [3.63, 3.8) is 0 Å².